The van der Waals surface area contributed by atoms with Crippen molar-refractivity contribution in [3.63, 3.8) is 0 Å². The zero-order valence-corrected chi connectivity index (χ0v) is 12.1. The number of benzene rings is 2. The topological polar surface area (TPSA) is 70.8 Å². The summed E-state index contributed by atoms with van der Waals surface area (Å²) in [7, 11) is 0. The summed E-state index contributed by atoms with van der Waals surface area (Å²) < 4.78 is 29.7. The lowest BCUT2D eigenvalue weighted by molar-refractivity contribution is -0.385. The number of hydrogen-bond donors (Lipinski definition) is 0. The Hall–Kier alpha value is -2.51. The monoisotopic (exact) mass is 319 g/mol. The molecule has 0 atom stereocenters. The third-order valence-corrected chi connectivity index (χ3v) is 3.36. The van der Waals surface area contributed by atoms with E-state index < -0.39 is 11.2 Å². The van der Waals surface area contributed by atoms with Gasteiger partial charge in [0.15, 0.2) is 6.29 Å². The van der Waals surface area contributed by atoms with Crippen molar-refractivity contribution in [2.45, 2.75) is 12.9 Å². The van der Waals surface area contributed by atoms with Crippen LogP contribution < -0.4 is 4.74 Å². The van der Waals surface area contributed by atoms with E-state index in [1.165, 1.54) is 30.3 Å². The number of non-ortho nitro benzene ring substituents is 1. The predicted molar refractivity (Wildman–Crippen MR) is 78.5 cm³/mol. The Morgan fingerprint density at radius 1 is 1.22 bits per heavy atom. The Morgan fingerprint density at radius 3 is 2.70 bits per heavy atom. The van der Waals surface area contributed by atoms with Gasteiger partial charge in [-0.1, -0.05) is 12.1 Å². The maximum atomic E-state index is 13.2. The standard InChI is InChI=1S/C16H14FNO5/c17-12-3-1-2-11(8-12)10-23-15-5-4-13(18(19)20)9-14(15)16-21-6-7-22-16/h1-5,8-9,16H,6-7,10H2. The number of nitrogens with zero attached hydrogens (tertiary/aromatic N) is 1. The van der Waals surface area contributed by atoms with E-state index in [0.29, 0.717) is 30.1 Å². The van der Waals surface area contributed by atoms with Crippen LogP contribution in [-0.2, 0) is 16.1 Å². The number of ether oxygens (including phenoxy) is 3. The van der Waals surface area contributed by atoms with E-state index in [4.69, 9.17) is 14.2 Å². The summed E-state index contributed by atoms with van der Waals surface area (Å²) in [5.41, 5.74) is 1.04. The van der Waals surface area contributed by atoms with Crippen molar-refractivity contribution in [2.75, 3.05) is 13.2 Å². The van der Waals surface area contributed by atoms with Crippen LogP contribution >= 0.6 is 0 Å². The van der Waals surface area contributed by atoms with E-state index in [2.05, 4.69) is 0 Å². The maximum Gasteiger partial charge on any atom is 0.270 e. The highest BCUT2D eigenvalue weighted by Gasteiger charge is 2.25. The molecule has 0 bridgehead atoms. The fraction of sp³-hybridized carbons (Fsp3) is 0.250. The molecule has 120 valence electrons. The summed E-state index contributed by atoms with van der Waals surface area (Å²) in [5.74, 6) is 0.0595. The van der Waals surface area contributed by atoms with Gasteiger partial charge in [-0.05, 0) is 23.8 Å². The molecule has 0 aromatic heterocycles. The average Bonchev–Trinajstić information content (AvgIpc) is 3.07. The molecule has 1 saturated heterocycles. The molecule has 1 aliphatic heterocycles. The quantitative estimate of drug-likeness (QED) is 0.624. The van der Waals surface area contributed by atoms with Crippen LogP contribution in [0.1, 0.15) is 17.4 Å². The molecule has 23 heavy (non-hydrogen) atoms. The number of halogens is 1. The molecule has 6 nitrogen and oxygen atoms in total. The normalized spacial score (nSPS) is 14.8. The van der Waals surface area contributed by atoms with Gasteiger partial charge in [-0.25, -0.2) is 4.39 Å². The maximum absolute atomic E-state index is 13.2. The Balaban J connectivity index is 1.83. The van der Waals surface area contributed by atoms with E-state index in [9.17, 15) is 14.5 Å². The molecule has 0 N–H and O–H groups in total. The van der Waals surface area contributed by atoms with Gasteiger partial charge in [0.25, 0.3) is 5.69 Å². The van der Waals surface area contributed by atoms with Crippen molar-refractivity contribution >= 4 is 5.69 Å². The van der Waals surface area contributed by atoms with Crippen molar-refractivity contribution in [3.8, 4) is 5.75 Å². The van der Waals surface area contributed by atoms with E-state index >= 15 is 0 Å². The second kappa shape index (κ2) is 6.72. The molecule has 7 heteroatoms. The minimum Gasteiger partial charge on any atom is -0.488 e. The van der Waals surface area contributed by atoms with E-state index in [-0.39, 0.29) is 18.1 Å². The molecule has 2 aromatic carbocycles. The molecule has 3 rings (SSSR count). The molecular weight excluding hydrogens is 305 g/mol. The molecular formula is C16H14FNO5. The van der Waals surface area contributed by atoms with Crippen molar-refractivity contribution < 1.29 is 23.5 Å². The predicted octanol–water partition coefficient (Wildman–Crippen LogP) is 3.36. The SMILES string of the molecule is O=[N+]([O-])c1ccc(OCc2cccc(F)c2)c(C2OCCO2)c1. The molecule has 0 amide bonds. The first-order chi connectivity index (χ1) is 11.1. The average molecular weight is 319 g/mol. The van der Waals surface area contributed by atoms with Gasteiger partial charge < -0.3 is 14.2 Å². The van der Waals surface area contributed by atoms with Crippen molar-refractivity contribution in [1.29, 1.82) is 0 Å². The summed E-state index contributed by atoms with van der Waals surface area (Å²) in [5, 5.41) is 10.9. The summed E-state index contributed by atoms with van der Waals surface area (Å²) >= 11 is 0. The van der Waals surface area contributed by atoms with Gasteiger partial charge in [0, 0.05) is 12.1 Å². The van der Waals surface area contributed by atoms with Gasteiger partial charge in [-0.15, -0.1) is 0 Å². The van der Waals surface area contributed by atoms with E-state index in [1.54, 1.807) is 12.1 Å². The van der Waals surface area contributed by atoms with Crippen LogP contribution in [0.4, 0.5) is 10.1 Å². The van der Waals surface area contributed by atoms with E-state index in [0.717, 1.165) is 0 Å². The molecule has 1 fully saturated rings. The van der Waals surface area contributed by atoms with Gasteiger partial charge in [-0.2, -0.15) is 0 Å². The Kier molecular flexibility index (Phi) is 4.50. The zero-order chi connectivity index (χ0) is 16.2. The Labute approximate surface area is 131 Å². The van der Waals surface area contributed by atoms with Crippen molar-refractivity contribution in [1.82, 2.24) is 0 Å². The lowest BCUT2D eigenvalue weighted by Crippen LogP contribution is -2.05. The highest BCUT2D eigenvalue weighted by molar-refractivity contribution is 5.44. The first-order valence-electron chi connectivity index (χ1n) is 7.02. The lowest BCUT2D eigenvalue weighted by atomic mass is 10.1. The molecule has 1 heterocycles. The second-order valence-corrected chi connectivity index (χ2v) is 4.97. The summed E-state index contributed by atoms with van der Waals surface area (Å²) in [6.45, 7) is 0.961. The summed E-state index contributed by atoms with van der Waals surface area (Å²) in [6.07, 6.45) is -0.697. The first-order valence-corrected chi connectivity index (χ1v) is 7.02. The number of nitro benzene ring substituents is 1. The Morgan fingerprint density at radius 2 is 2.00 bits per heavy atom. The number of hydrogen-bond acceptors (Lipinski definition) is 5. The molecule has 1 aliphatic rings. The fourth-order valence-electron chi connectivity index (χ4n) is 2.29. The highest BCUT2D eigenvalue weighted by Crippen LogP contribution is 2.34. The van der Waals surface area contributed by atoms with Crippen molar-refractivity contribution in [2.24, 2.45) is 0 Å². The largest absolute Gasteiger partial charge is 0.488 e. The van der Waals surface area contributed by atoms with Crippen LogP contribution in [0.5, 0.6) is 5.75 Å². The van der Waals surface area contributed by atoms with Crippen LogP contribution in [-0.4, -0.2) is 18.1 Å². The molecule has 0 radical (unpaired) electrons. The van der Waals surface area contributed by atoms with Gasteiger partial charge in [0.1, 0.15) is 18.2 Å². The van der Waals surface area contributed by atoms with E-state index in [1.807, 2.05) is 0 Å². The molecule has 0 aliphatic carbocycles. The minimum atomic E-state index is -0.697. The lowest BCUT2D eigenvalue weighted by Gasteiger charge is -2.15. The van der Waals surface area contributed by atoms with Crippen LogP contribution in [0.2, 0.25) is 0 Å². The van der Waals surface area contributed by atoms with Crippen LogP contribution in [0.25, 0.3) is 0 Å². The number of nitro groups is 1. The van der Waals surface area contributed by atoms with Gasteiger partial charge in [0.05, 0.1) is 23.7 Å². The number of rotatable bonds is 5. The van der Waals surface area contributed by atoms with Gasteiger partial charge in [0.2, 0.25) is 0 Å². The molecule has 0 unspecified atom stereocenters. The molecule has 0 saturated carbocycles. The summed E-state index contributed by atoms with van der Waals surface area (Å²) in [6, 6.07) is 10.3. The molecule has 2 aromatic rings. The van der Waals surface area contributed by atoms with Gasteiger partial charge >= 0.3 is 0 Å². The third kappa shape index (κ3) is 3.64. The summed E-state index contributed by atoms with van der Waals surface area (Å²) in [4.78, 5) is 10.4. The second-order valence-electron chi connectivity index (χ2n) is 4.97. The highest BCUT2D eigenvalue weighted by atomic mass is 19.1. The molecule has 0 spiro atoms. The van der Waals surface area contributed by atoms with Gasteiger partial charge in [-0.3, -0.25) is 10.1 Å². The minimum absolute atomic E-state index is 0.0720. The Bertz CT molecular complexity index is 715. The smallest absolute Gasteiger partial charge is 0.270 e. The van der Waals surface area contributed by atoms with Crippen molar-refractivity contribution in [3.05, 3.63) is 69.5 Å². The van der Waals surface area contributed by atoms with Crippen LogP contribution in [0.15, 0.2) is 42.5 Å². The third-order valence-electron chi connectivity index (χ3n) is 3.36. The van der Waals surface area contributed by atoms with Crippen LogP contribution in [0.3, 0.4) is 0 Å². The van der Waals surface area contributed by atoms with Crippen LogP contribution in [0, 0.1) is 15.9 Å². The fourth-order valence-corrected chi connectivity index (χ4v) is 2.29. The zero-order valence-electron chi connectivity index (χ0n) is 12.1. The first kappa shape index (κ1) is 15.4.